The second kappa shape index (κ2) is 7.21. The minimum atomic E-state index is -0.480. The molecule has 132 valence electrons. The molecule has 0 atom stereocenters. The first-order valence-corrected chi connectivity index (χ1v) is 8.77. The van der Waals surface area contributed by atoms with E-state index in [0.717, 1.165) is 25.7 Å². The predicted octanol–water partition coefficient (Wildman–Crippen LogP) is 4.36. The van der Waals surface area contributed by atoms with Crippen molar-refractivity contribution >= 4 is 11.6 Å². The average Bonchev–Trinajstić information content (AvgIpc) is 2.57. The van der Waals surface area contributed by atoms with Crippen LogP contribution in [0.3, 0.4) is 0 Å². The Bertz CT molecular complexity index is 851. The summed E-state index contributed by atoms with van der Waals surface area (Å²) in [4.78, 5) is 25.3. The molecule has 1 saturated carbocycles. The molecule has 5 heteroatoms. The zero-order valence-corrected chi connectivity index (χ0v) is 14.6. The summed E-state index contributed by atoms with van der Waals surface area (Å²) in [6.07, 6.45) is 5.30. The molecule has 1 aromatic heterocycles. The van der Waals surface area contributed by atoms with Crippen LogP contribution in [0, 0.1) is 19.7 Å². The number of amides is 1. The number of anilines is 1. The number of hydrogen-bond donors (Lipinski definition) is 1. The third-order valence-electron chi connectivity index (χ3n) is 4.98. The second-order valence-electron chi connectivity index (χ2n) is 6.72. The van der Waals surface area contributed by atoms with E-state index in [0.29, 0.717) is 16.8 Å². The van der Waals surface area contributed by atoms with Gasteiger partial charge in [0.2, 0.25) is 0 Å². The van der Waals surface area contributed by atoms with Gasteiger partial charge in [-0.05, 0) is 44.4 Å². The Morgan fingerprint density at radius 2 is 1.84 bits per heavy atom. The molecule has 0 spiro atoms. The molecule has 4 nitrogen and oxygen atoms in total. The molecule has 0 saturated heterocycles. The lowest BCUT2D eigenvalue weighted by Gasteiger charge is -2.27. The maximum Gasteiger partial charge on any atom is 0.257 e. The van der Waals surface area contributed by atoms with Gasteiger partial charge in [0.25, 0.3) is 11.5 Å². The molecule has 0 radical (unpaired) electrons. The van der Waals surface area contributed by atoms with Gasteiger partial charge in [0.05, 0.1) is 11.3 Å². The number of pyridine rings is 1. The molecule has 2 aromatic rings. The second-order valence-corrected chi connectivity index (χ2v) is 6.72. The van der Waals surface area contributed by atoms with Crippen LogP contribution in [0.25, 0.3) is 0 Å². The van der Waals surface area contributed by atoms with Crippen LogP contribution in [0.15, 0.2) is 35.1 Å². The lowest BCUT2D eigenvalue weighted by Crippen LogP contribution is -2.31. The fraction of sp³-hybridized carbons (Fsp3) is 0.400. The summed E-state index contributed by atoms with van der Waals surface area (Å²) in [6, 6.07) is 7.72. The van der Waals surface area contributed by atoms with E-state index in [9.17, 15) is 14.0 Å². The molecule has 1 heterocycles. The van der Waals surface area contributed by atoms with Gasteiger partial charge in [0.15, 0.2) is 0 Å². The van der Waals surface area contributed by atoms with Crippen molar-refractivity contribution in [1.29, 1.82) is 0 Å². The number of benzene rings is 1. The monoisotopic (exact) mass is 342 g/mol. The van der Waals surface area contributed by atoms with Crippen LogP contribution in [0.4, 0.5) is 10.1 Å². The Morgan fingerprint density at radius 3 is 2.52 bits per heavy atom. The zero-order valence-electron chi connectivity index (χ0n) is 14.6. The van der Waals surface area contributed by atoms with Gasteiger partial charge in [-0.15, -0.1) is 0 Å². The van der Waals surface area contributed by atoms with E-state index in [2.05, 4.69) is 5.32 Å². The van der Waals surface area contributed by atoms with Gasteiger partial charge < -0.3 is 9.88 Å². The molecule has 0 unspecified atom stereocenters. The van der Waals surface area contributed by atoms with Crippen molar-refractivity contribution in [3.8, 4) is 0 Å². The maximum atomic E-state index is 13.8. The standard InChI is InChI=1S/C20H23FN2O2/c1-13-12-18(24)23(15-8-4-3-5-9-15)14(2)19(13)20(25)22-17-11-7-6-10-16(17)21/h6-7,10-12,15H,3-5,8-9H2,1-2H3,(H,22,25). The maximum absolute atomic E-state index is 13.8. The molecule has 3 rings (SSSR count). The van der Waals surface area contributed by atoms with Crippen LogP contribution in [-0.4, -0.2) is 10.5 Å². The van der Waals surface area contributed by atoms with Crippen molar-refractivity contribution in [3.63, 3.8) is 0 Å². The van der Waals surface area contributed by atoms with Crippen LogP contribution in [0.2, 0.25) is 0 Å². The Morgan fingerprint density at radius 1 is 1.16 bits per heavy atom. The molecular formula is C20H23FN2O2. The molecule has 1 amide bonds. The smallest absolute Gasteiger partial charge is 0.257 e. The normalized spacial score (nSPS) is 15.2. The van der Waals surface area contributed by atoms with Crippen LogP contribution < -0.4 is 10.9 Å². The number of carbonyl (C=O) groups is 1. The molecule has 0 bridgehead atoms. The van der Waals surface area contributed by atoms with Gasteiger partial charge >= 0.3 is 0 Å². The molecule has 1 aliphatic rings. The van der Waals surface area contributed by atoms with Crippen molar-refractivity contribution in [3.05, 3.63) is 63.3 Å². The number of nitrogens with zero attached hydrogens (tertiary/aromatic N) is 1. The van der Waals surface area contributed by atoms with Gasteiger partial charge in [-0.1, -0.05) is 31.4 Å². The SMILES string of the molecule is Cc1cc(=O)n(C2CCCCC2)c(C)c1C(=O)Nc1ccccc1F. The fourth-order valence-electron chi connectivity index (χ4n) is 3.78. The number of halogens is 1. The summed E-state index contributed by atoms with van der Waals surface area (Å²) >= 11 is 0. The first-order valence-electron chi connectivity index (χ1n) is 8.77. The van der Waals surface area contributed by atoms with Crippen molar-refractivity contribution in [1.82, 2.24) is 4.57 Å². The highest BCUT2D eigenvalue weighted by Gasteiger charge is 2.23. The number of rotatable bonds is 3. The Balaban J connectivity index is 1.99. The summed E-state index contributed by atoms with van der Waals surface area (Å²) in [6.45, 7) is 3.55. The average molecular weight is 342 g/mol. The first-order chi connectivity index (χ1) is 12.0. The van der Waals surface area contributed by atoms with E-state index in [1.165, 1.54) is 24.6 Å². The minimum Gasteiger partial charge on any atom is -0.319 e. The number of aromatic nitrogens is 1. The van der Waals surface area contributed by atoms with Gasteiger partial charge in [-0.3, -0.25) is 9.59 Å². The Labute approximate surface area is 146 Å². The number of carbonyl (C=O) groups excluding carboxylic acids is 1. The van der Waals surface area contributed by atoms with Crippen molar-refractivity contribution in [2.75, 3.05) is 5.32 Å². The van der Waals surface area contributed by atoms with E-state index >= 15 is 0 Å². The molecule has 1 N–H and O–H groups in total. The summed E-state index contributed by atoms with van der Waals surface area (Å²) in [5.74, 6) is -0.864. The van der Waals surface area contributed by atoms with E-state index in [1.807, 2.05) is 0 Å². The molecule has 1 aliphatic carbocycles. The molecule has 25 heavy (non-hydrogen) atoms. The number of para-hydroxylation sites is 1. The number of hydrogen-bond acceptors (Lipinski definition) is 2. The van der Waals surface area contributed by atoms with Crippen molar-refractivity contribution < 1.29 is 9.18 Å². The van der Waals surface area contributed by atoms with E-state index in [-0.39, 0.29) is 23.2 Å². The predicted molar refractivity (Wildman–Crippen MR) is 96.7 cm³/mol. The quantitative estimate of drug-likeness (QED) is 0.901. The largest absolute Gasteiger partial charge is 0.319 e. The Kier molecular flexibility index (Phi) is 5.02. The molecule has 1 aromatic carbocycles. The van der Waals surface area contributed by atoms with E-state index < -0.39 is 5.82 Å². The van der Waals surface area contributed by atoms with Gasteiger partial charge in [-0.25, -0.2) is 4.39 Å². The summed E-state index contributed by atoms with van der Waals surface area (Å²) in [5, 5.41) is 2.63. The Hall–Kier alpha value is -2.43. The fourth-order valence-corrected chi connectivity index (χ4v) is 3.78. The highest BCUT2D eigenvalue weighted by Crippen LogP contribution is 2.29. The highest BCUT2D eigenvalue weighted by atomic mass is 19.1. The third kappa shape index (κ3) is 3.50. The number of aryl methyl sites for hydroxylation is 1. The highest BCUT2D eigenvalue weighted by molar-refractivity contribution is 6.06. The topological polar surface area (TPSA) is 51.1 Å². The third-order valence-corrected chi connectivity index (χ3v) is 4.98. The van der Waals surface area contributed by atoms with Gasteiger partial charge in [-0.2, -0.15) is 0 Å². The van der Waals surface area contributed by atoms with Crippen LogP contribution in [-0.2, 0) is 0 Å². The summed E-state index contributed by atoms with van der Waals surface area (Å²) in [5.41, 5.74) is 1.80. The molecule has 0 aliphatic heterocycles. The van der Waals surface area contributed by atoms with Crippen LogP contribution in [0.1, 0.15) is 59.8 Å². The van der Waals surface area contributed by atoms with Crippen molar-refractivity contribution in [2.24, 2.45) is 0 Å². The van der Waals surface area contributed by atoms with E-state index in [4.69, 9.17) is 0 Å². The lowest BCUT2D eigenvalue weighted by molar-refractivity contribution is 0.102. The van der Waals surface area contributed by atoms with Crippen molar-refractivity contribution in [2.45, 2.75) is 52.0 Å². The molecular weight excluding hydrogens is 319 g/mol. The lowest BCUT2D eigenvalue weighted by atomic mass is 9.94. The van der Waals surface area contributed by atoms with Crippen LogP contribution in [0.5, 0.6) is 0 Å². The molecule has 1 fully saturated rings. The zero-order chi connectivity index (χ0) is 18.0. The number of nitrogens with one attached hydrogen (secondary N) is 1. The summed E-state index contributed by atoms with van der Waals surface area (Å²) in [7, 11) is 0. The minimum absolute atomic E-state index is 0.0654. The van der Waals surface area contributed by atoms with Gasteiger partial charge in [0.1, 0.15) is 5.82 Å². The first kappa shape index (κ1) is 17.4. The van der Waals surface area contributed by atoms with Gasteiger partial charge in [0, 0.05) is 17.8 Å². The summed E-state index contributed by atoms with van der Waals surface area (Å²) < 4.78 is 15.6. The van der Waals surface area contributed by atoms with E-state index in [1.54, 1.807) is 30.5 Å². The van der Waals surface area contributed by atoms with Crippen LogP contribution >= 0.6 is 0 Å².